The van der Waals surface area contributed by atoms with Gasteiger partial charge >= 0.3 is 5.97 Å². The number of ether oxygens (including phenoxy) is 1. The molecule has 1 aromatic rings. The highest BCUT2D eigenvalue weighted by Crippen LogP contribution is 2.31. The molecular formula is C12H13Cl3O4S. The predicted octanol–water partition coefficient (Wildman–Crippen LogP) is 4.12. The molecule has 0 saturated carbocycles. The molecule has 0 aliphatic rings. The van der Waals surface area contributed by atoms with E-state index < -0.39 is 15.0 Å². The van der Waals surface area contributed by atoms with Crippen molar-refractivity contribution in [3.05, 3.63) is 27.7 Å². The number of halogens is 3. The zero-order chi connectivity index (χ0) is 15.5. The molecule has 20 heavy (non-hydrogen) atoms. The number of esters is 1. The molecule has 0 atom stereocenters. The summed E-state index contributed by atoms with van der Waals surface area (Å²) < 4.78 is 27.7. The van der Waals surface area contributed by atoms with Crippen LogP contribution < -0.4 is 0 Å². The van der Waals surface area contributed by atoms with Crippen molar-refractivity contribution >= 4 is 48.9 Å². The van der Waals surface area contributed by atoms with Crippen LogP contribution in [0.1, 0.15) is 30.6 Å². The van der Waals surface area contributed by atoms with E-state index in [4.69, 9.17) is 38.6 Å². The van der Waals surface area contributed by atoms with Crippen molar-refractivity contribution in [3.8, 4) is 0 Å². The number of carbonyl (C=O) groups is 1. The lowest BCUT2D eigenvalue weighted by molar-refractivity contribution is 0.0488. The summed E-state index contributed by atoms with van der Waals surface area (Å²) >= 11 is 11.6. The summed E-state index contributed by atoms with van der Waals surface area (Å²) in [5, 5.41) is -0.141. The van der Waals surface area contributed by atoms with Gasteiger partial charge in [-0.15, -0.1) is 0 Å². The molecular weight excluding hydrogens is 347 g/mol. The largest absolute Gasteiger partial charge is 0.462 e. The van der Waals surface area contributed by atoms with Gasteiger partial charge in [-0.3, -0.25) is 0 Å². The van der Waals surface area contributed by atoms with Crippen molar-refractivity contribution < 1.29 is 17.9 Å². The van der Waals surface area contributed by atoms with Crippen molar-refractivity contribution in [2.24, 2.45) is 5.92 Å². The van der Waals surface area contributed by atoms with Gasteiger partial charge in [0.15, 0.2) is 0 Å². The van der Waals surface area contributed by atoms with E-state index in [0.29, 0.717) is 12.3 Å². The molecule has 0 saturated heterocycles. The van der Waals surface area contributed by atoms with Crippen LogP contribution in [0.5, 0.6) is 0 Å². The Kier molecular flexibility index (Phi) is 6.13. The average molecular weight is 360 g/mol. The normalized spacial score (nSPS) is 11.7. The maximum absolute atomic E-state index is 11.8. The Hall–Kier alpha value is -0.490. The maximum atomic E-state index is 11.8. The topological polar surface area (TPSA) is 60.4 Å². The summed E-state index contributed by atoms with van der Waals surface area (Å²) in [6.45, 7) is 4.20. The number of carbonyl (C=O) groups excluding carboxylic acids is 1. The van der Waals surface area contributed by atoms with Crippen LogP contribution in [0.4, 0.5) is 0 Å². The second kappa shape index (κ2) is 6.98. The quantitative estimate of drug-likeness (QED) is 0.586. The Balaban J connectivity index is 3.04. The third-order valence-electron chi connectivity index (χ3n) is 2.43. The molecule has 1 aromatic carbocycles. The third-order valence-corrected chi connectivity index (χ3v) is 4.53. The molecule has 0 aliphatic heterocycles. The first kappa shape index (κ1) is 17.6. The predicted molar refractivity (Wildman–Crippen MR) is 79.2 cm³/mol. The molecule has 0 bridgehead atoms. The van der Waals surface area contributed by atoms with Crippen LogP contribution in [-0.4, -0.2) is 21.0 Å². The number of hydrogen-bond acceptors (Lipinski definition) is 4. The first-order valence-corrected chi connectivity index (χ1v) is 8.80. The first-order valence-electron chi connectivity index (χ1n) is 5.73. The molecule has 0 heterocycles. The van der Waals surface area contributed by atoms with E-state index in [1.165, 1.54) is 0 Å². The van der Waals surface area contributed by atoms with Gasteiger partial charge in [0.05, 0.1) is 22.2 Å². The SMILES string of the molecule is CC(C)CCOC(=O)c1cc(S(=O)(=O)Cl)c(Cl)cc1Cl. The standard InChI is InChI=1S/C12H13Cl3O4S/c1-7(2)3-4-19-12(16)8-5-11(20(15,17)18)10(14)6-9(8)13/h5-7H,3-4H2,1-2H3. The van der Waals surface area contributed by atoms with E-state index >= 15 is 0 Å². The van der Waals surface area contributed by atoms with Crippen LogP contribution in [0.15, 0.2) is 17.0 Å². The van der Waals surface area contributed by atoms with Crippen LogP contribution in [-0.2, 0) is 13.8 Å². The van der Waals surface area contributed by atoms with Crippen molar-refractivity contribution in [1.82, 2.24) is 0 Å². The third kappa shape index (κ3) is 4.81. The van der Waals surface area contributed by atoms with E-state index in [9.17, 15) is 13.2 Å². The molecule has 0 N–H and O–H groups in total. The first-order chi connectivity index (χ1) is 9.12. The number of benzene rings is 1. The summed E-state index contributed by atoms with van der Waals surface area (Å²) in [6, 6.07) is 2.17. The zero-order valence-electron chi connectivity index (χ0n) is 10.8. The second-order valence-corrected chi connectivity index (χ2v) is 7.87. The molecule has 1 rings (SSSR count). The molecule has 0 fully saturated rings. The van der Waals surface area contributed by atoms with Gasteiger partial charge in [0, 0.05) is 10.7 Å². The van der Waals surface area contributed by atoms with E-state index in [1.54, 1.807) is 0 Å². The minimum absolute atomic E-state index is 0.00798. The molecule has 0 amide bonds. The van der Waals surface area contributed by atoms with Gasteiger partial charge < -0.3 is 4.74 Å². The maximum Gasteiger partial charge on any atom is 0.339 e. The van der Waals surface area contributed by atoms with Crippen LogP contribution in [0.3, 0.4) is 0 Å². The fourth-order valence-corrected chi connectivity index (χ4v) is 3.15. The molecule has 0 radical (unpaired) electrons. The summed E-state index contributed by atoms with van der Waals surface area (Å²) in [6.07, 6.45) is 0.692. The van der Waals surface area contributed by atoms with Gasteiger partial charge in [-0.1, -0.05) is 37.0 Å². The lowest BCUT2D eigenvalue weighted by atomic mass is 10.1. The zero-order valence-corrected chi connectivity index (χ0v) is 13.9. The van der Waals surface area contributed by atoms with Gasteiger partial charge in [0.2, 0.25) is 0 Å². The minimum Gasteiger partial charge on any atom is -0.462 e. The smallest absolute Gasteiger partial charge is 0.339 e. The Labute approximate surface area is 132 Å². The highest BCUT2D eigenvalue weighted by atomic mass is 35.7. The summed E-state index contributed by atoms with van der Waals surface area (Å²) in [5.41, 5.74) is -0.0842. The van der Waals surface area contributed by atoms with E-state index in [-0.39, 0.29) is 27.1 Å². The molecule has 0 spiro atoms. The van der Waals surface area contributed by atoms with Crippen LogP contribution in [0, 0.1) is 5.92 Å². The molecule has 0 unspecified atom stereocenters. The lowest BCUT2D eigenvalue weighted by Crippen LogP contribution is -2.09. The monoisotopic (exact) mass is 358 g/mol. The van der Waals surface area contributed by atoms with Crippen molar-refractivity contribution in [3.63, 3.8) is 0 Å². The Morgan fingerprint density at radius 1 is 1.25 bits per heavy atom. The highest BCUT2D eigenvalue weighted by molar-refractivity contribution is 8.13. The number of rotatable bonds is 5. The number of hydrogen-bond donors (Lipinski definition) is 0. The molecule has 8 heteroatoms. The average Bonchev–Trinajstić information content (AvgIpc) is 2.26. The highest BCUT2D eigenvalue weighted by Gasteiger charge is 2.21. The van der Waals surface area contributed by atoms with E-state index in [2.05, 4.69) is 0 Å². The molecule has 112 valence electrons. The van der Waals surface area contributed by atoms with Crippen LogP contribution >= 0.6 is 33.9 Å². The molecule has 0 aliphatic carbocycles. The Morgan fingerprint density at radius 3 is 2.35 bits per heavy atom. The lowest BCUT2D eigenvalue weighted by Gasteiger charge is -2.09. The molecule has 4 nitrogen and oxygen atoms in total. The summed E-state index contributed by atoms with van der Waals surface area (Å²) in [5.74, 6) is -0.337. The van der Waals surface area contributed by atoms with E-state index in [1.807, 2.05) is 13.8 Å². The minimum atomic E-state index is -4.07. The van der Waals surface area contributed by atoms with Gasteiger partial charge in [0.1, 0.15) is 4.90 Å². The van der Waals surface area contributed by atoms with Crippen LogP contribution in [0.25, 0.3) is 0 Å². The van der Waals surface area contributed by atoms with Crippen molar-refractivity contribution in [1.29, 1.82) is 0 Å². The second-order valence-electron chi connectivity index (χ2n) is 4.52. The Morgan fingerprint density at radius 2 is 1.85 bits per heavy atom. The fourth-order valence-electron chi connectivity index (χ4n) is 1.34. The van der Waals surface area contributed by atoms with Gasteiger partial charge in [0.25, 0.3) is 9.05 Å². The fraction of sp³-hybridized carbons (Fsp3) is 0.417. The van der Waals surface area contributed by atoms with Crippen molar-refractivity contribution in [2.75, 3.05) is 6.61 Å². The van der Waals surface area contributed by atoms with Crippen molar-refractivity contribution in [2.45, 2.75) is 25.2 Å². The van der Waals surface area contributed by atoms with Gasteiger partial charge in [-0.25, -0.2) is 13.2 Å². The molecule has 0 aromatic heterocycles. The summed E-state index contributed by atoms with van der Waals surface area (Å²) in [4.78, 5) is 11.5. The van der Waals surface area contributed by atoms with E-state index in [0.717, 1.165) is 12.1 Å². The Bertz CT molecular complexity index is 611. The van der Waals surface area contributed by atoms with Gasteiger partial charge in [-0.05, 0) is 24.5 Å². The van der Waals surface area contributed by atoms with Gasteiger partial charge in [-0.2, -0.15) is 0 Å². The van der Waals surface area contributed by atoms with Crippen LogP contribution in [0.2, 0.25) is 10.0 Å². The summed E-state index contributed by atoms with van der Waals surface area (Å²) in [7, 11) is 1.16.